The Labute approximate surface area is 97.6 Å². The van der Waals surface area contributed by atoms with Crippen LogP contribution in [0.2, 0.25) is 0 Å². The summed E-state index contributed by atoms with van der Waals surface area (Å²) in [4.78, 5) is 19.4. The molecule has 3 rings (SSSR count). The van der Waals surface area contributed by atoms with Crippen molar-refractivity contribution < 1.29 is 4.79 Å². The summed E-state index contributed by atoms with van der Waals surface area (Å²) < 4.78 is 1.87. The van der Waals surface area contributed by atoms with Crippen molar-refractivity contribution in [3.05, 3.63) is 54.5 Å². The lowest BCUT2D eigenvalue weighted by Gasteiger charge is -1.91. The number of nitrogens with zero attached hydrogens (tertiary/aromatic N) is 3. The molecule has 0 spiro atoms. The molecule has 0 aliphatic heterocycles. The van der Waals surface area contributed by atoms with Gasteiger partial charge in [-0.15, -0.1) is 0 Å². The van der Waals surface area contributed by atoms with Gasteiger partial charge in [-0.05, 0) is 24.3 Å². The van der Waals surface area contributed by atoms with Crippen LogP contribution in [0.1, 0.15) is 10.4 Å². The van der Waals surface area contributed by atoms with E-state index in [1.165, 1.54) is 0 Å². The van der Waals surface area contributed by atoms with Crippen LogP contribution in [0.5, 0.6) is 0 Å². The molecule has 0 unspecified atom stereocenters. The van der Waals surface area contributed by atoms with E-state index < -0.39 is 0 Å². The van der Waals surface area contributed by atoms with E-state index in [0.29, 0.717) is 5.56 Å². The van der Waals surface area contributed by atoms with Crippen molar-refractivity contribution in [2.45, 2.75) is 0 Å². The molecule has 4 heteroatoms. The number of pyridine rings is 2. The lowest BCUT2D eigenvalue weighted by atomic mass is 10.3. The van der Waals surface area contributed by atoms with E-state index in [-0.39, 0.29) is 0 Å². The van der Waals surface area contributed by atoms with Crippen LogP contribution in [-0.2, 0) is 0 Å². The second kappa shape index (κ2) is 3.83. The smallest absolute Gasteiger partial charge is 0.150 e. The molecular formula is C13H9N3O. The van der Waals surface area contributed by atoms with Gasteiger partial charge in [0.1, 0.15) is 17.6 Å². The first-order chi connectivity index (χ1) is 8.36. The Morgan fingerprint density at radius 3 is 2.88 bits per heavy atom. The second-order valence-electron chi connectivity index (χ2n) is 3.68. The minimum atomic E-state index is 0.621. The number of imidazole rings is 1. The summed E-state index contributed by atoms with van der Waals surface area (Å²) in [5, 5.41) is 0. The van der Waals surface area contributed by atoms with Crippen LogP contribution in [0, 0.1) is 0 Å². The third-order valence-corrected chi connectivity index (χ3v) is 2.55. The summed E-state index contributed by atoms with van der Waals surface area (Å²) >= 11 is 0. The fourth-order valence-electron chi connectivity index (χ4n) is 1.71. The molecule has 0 aliphatic carbocycles. The van der Waals surface area contributed by atoms with Gasteiger partial charge in [0, 0.05) is 24.2 Å². The Bertz CT molecular complexity index is 673. The molecule has 0 amide bonds. The van der Waals surface area contributed by atoms with E-state index in [0.717, 1.165) is 23.3 Å². The van der Waals surface area contributed by atoms with Gasteiger partial charge in [-0.3, -0.25) is 9.78 Å². The van der Waals surface area contributed by atoms with E-state index >= 15 is 0 Å². The highest BCUT2D eigenvalue weighted by Crippen LogP contribution is 2.16. The van der Waals surface area contributed by atoms with Gasteiger partial charge in [0.25, 0.3) is 0 Å². The van der Waals surface area contributed by atoms with Gasteiger partial charge in [-0.1, -0.05) is 6.07 Å². The summed E-state index contributed by atoms with van der Waals surface area (Å²) in [6.45, 7) is 0. The number of fused-ring (bicyclic) bond motifs is 1. The van der Waals surface area contributed by atoms with Crippen LogP contribution < -0.4 is 0 Å². The molecule has 0 radical (unpaired) electrons. The van der Waals surface area contributed by atoms with Crippen LogP contribution in [0.3, 0.4) is 0 Å². The molecule has 3 heterocycles. The number of aromatic nitrogens is 3. The summed E-state index contributed by atoms with van der Waals surface area (Å²) in [5.41, 5.74) is 2.99. The molecule has 17 heavy (non-hydrogen) atoms. The van der Waals surface area contributed by atoms with E-state index in [2.05, 4.69) is 9.97 Å². The zero-order valence-corrected chi connectivity index (χ0v) is 8.95. The zero-order valence-electron chi connectivity index (χ0n) is 8.95. The fourth-order valence-corrected chi connectivity index (χ4v) is 1.71. The van der Waals surface area contributed by atoms with Crippen LogP contribution >= 0.6 is 0 Å². The van der Waals surface area contributed by atoms with Crippen molar-refractivity contribution in [1.82, 2.24) is 14.4 Å². The van der Waals surface area contributed by atoms with Gasteiger partial charge < -0.3 is 4.40 Å². The number of hydrogen-bond donors (Lipinski definition) is 0. The highest BCUT2D eigenvalue weighted by Gasteiger charge is 2.05. The summed E-state index contributed by atoms with van der Waals surface area (Å²) in [6.07, 6.45) is 6.26. The lowest BCUT2D eigenvalue weighted by molar-refractivity contribution is 0.112. The van der Waals surface area contributed by atoms with Crippen molar-refractivity contribution in [2.24, 2.45) is 0 Å². The first-order valence-electron chi connectivity index (χ1n) is 5.22. The quantitative estimate of drug-likeness (QED) is 0.626. The van der Waals surface area contributed by atoms with Crippen molar-refractivity contribution in [3.63, 3.8) is 0 Å². The molecule has 0 aliphatic rings. The SMILES string of the molecule is O=Cc1ccn2cc(-c3ccccn3)nc2c1. The maximum Gasteiger partial charge on any atom is 0.150 e. The van der Waals surface area contributed by atoms with Crippen LogP contribution in [-0.4, -0.2) is 20.7 Å². The topological polar surface area (TPSA) is 47.3 Å². The highest BCUT2D eigenvalue weighted by atomic mass is 16.1. The molecule has 0 bridgehead atoms. The minimum Gasteiger partial charge on any atom is -0.306 e. The highest BCUT2D eigenvalue weighted by molar-refractivity contribution is 5.77. The van der Waals surface area contributed by atoms with Crippen LogP contribution in [0.25, 0.3) is 17.0 Å². The Balaban J connectivity index is 2.17. The van der Waals surface area contributed by atoms with Gasteiger partial charge in [0.2, 0.25) is 0 Å². The van der Waals surface area contributed by atoms with Crippen molar-refractivity contribution in [3.8, 4) is 11.4 Å². The maximum absolute atomic E-state index is 10.7. The fraction of sp³-hybridized carbons (Fsp3) is 0. The Hall–Kier alpha value is -2.49. The van der Waals surface area contributed by atoms with Gasteiger partial charge in [0.05, 0.1) is 5.69 Å². The molecule has 3 aromatic heterocycles. The summed E-state index contributed by atoms with van der Waals surface area (Å²) in [5.74, 6) is 0. The van der Waals surface area contributed by atoms with E-state index in [1.54, 1.807) is 18.3 Å². The molecule has 4 nitrogen and oxygen atoms in total. The first kappa shape index (κ1) is 9.72. The Kier molecular flexibility index (Phi) is 2.19. The monoisotopic (exact) mass is 223 g/mol. The molecule has 0 atom stereocenters. The largest absolute Gasteiger partial charge is 0.306 e. The molecule has 0 N–H and O–H groups in total. The number of carbonyl (C=O) groups excluding carboxylic acids is 1. The number of hydrogen-bond acceptors (Lipinski definition) is 3. The lowest BCUT2D eigenvalue weighted by Crippen LogP contribution is -1.85. The Morgan fingerprint density at radius 1 is 1.18 bits per heavy atom. The third kappa shape index (κ3) is 1.69. The van der Waals surface area contributed by atoms with E-state index in [9.17, 15) is 4.79 Å². The minimum absolute atomic E-state index is 0.621. The number of rotatable bonds is 2. The molecule has 3 aromatic rings. The van der Waals surface area contributed by atoms with Crippen molar-refractivity contribution in [1.29, 1.82) is 0 Å². The van der Waals surface area contributed by atoms with E-state index in [4.69, 9.17) is 0 Å². The van der Waals surface area contributed by atoms with Crippen LogP contribution in [0.15, 0.2) is 48.9 Å². The van der Waals surface area contributed by atoms with Gasteiger partial charge >= 0.3 is 0 Å². The molecule has 82 valence electrons. The summed E-state index contributed by atoms with van der Waals surface area (Å²) in [6, 6.07) is 9.19. The van der Waals surface area contributed by atoms with Crippen LogP contribution in [0.4, 0.5) is 0 Å². The predicted octanol–water partition coefficient (Wildman–Crippen LogP) is 2.21. The zero-order chi connectivity index (χ0) is 11.7. The van der Waals surface area contributed by atoms with Crippen molar-refractivity contribution in [2.75, 3.05) is 0 Å². The van der Waals surface area contributed by atoms with Gasteiger partial charge in [-0.2, -0.15) is 0 Å². The van der Waals surface area contributed by atoms with Gasteiger partial charge in [0.15, 0.2) is 0 Å². The average Bonchev–Trinajstić information content (AvgIpc) is 2.82. The normalized spacial score (nSPS) is 10.6. The molecule has 0 saturated carbocycles. The second-order valence-corrected chi connectivity index (χ2v) is 3.68. The standard InChI is InChI=1S/C13H9N3O/c17-9-10-4-6-16-8-12(15-13(16)7-10)11-3-1-2-5-14-11/h1-9H. The molecular weight excluding hydrogens is 214 g/mol. The number of aldehydes is 1. The number of carbonyl (C=O) groups is 1. The Morgan fingerprint density at radius 2 is 2.12 bits per heavy atom. The molecule has 0 fully saturated rings. The molecule has 0 saturated heterocycles. The molecule has 0 aromatic carbocycles. The predicted molar refractivity (Wildman–Crippen MR) is 63.8 cm³/mol. The third-order valence-electron chi connectivity index (χ3n) is 2.55. The first-order valence-corrected chi connectivity index (χ1v) is 5.22. The van der Waals surface area contributed by atoms with E-state index in [1.807, 2.05) is 35.0 Å². The van der Waals surface area contributed by atoms with Crippen molar-refractivity contribution >= 4 is 11.9 Å². The average molecular weight is 223 g/mol. The summed E-state index contributed by atoms with van der Waals surface area (Å²) in [7, 11) is 0. The maximum atomic E-state index is 10.7. The van der Waals surface area contributed by atoms with Gasteiger partial charge in [-0.25, -0.2) is 4.98 Å².